The van der Waals surface area contributed by atoms with Crippen molar-refractivity contribution in [3.8, 4) is 5.69 Å². The summed E-state index contributed by atoms with van der Waals surface area (Å²) in [4.78, 5) is 17.8. The predicted octanol–water partition coefficient (Wildman–Crippen LogP) is 2.45. The van der Waals surface area contributed by atoms with E-state index in [-0.39, 0.29) is 12.1 Å². The van der Waals surface area contributed by atoms with E-state index < -0.39 is 16.1 Å². The van der Waals surface area contributed by atoms with E-state index in [9.17, 15) is 13.2 Å². The topological polar surface area (TPSA) is 98.3 Å². The lowest BCUT2D eigenvalue weighted by atomic mass is 10.1. The molecule has 0 aliphatic heterocycles. The summed E-state index contributed by atoms with van der Waals surface area (Å²) in [6.07, 6.45) is 1.14. The molecule has 1 heterocycles. The number of benzene rings is 2. The molecule has 0 amide bonds. The van der Waals surface area contributed by atoms with Crippen LogP contribution in [0.5, 0.6) is 0 Å². The van der Waals surface area contributed by atoms with Crippen molar-refractivity contribution in [2.75, 3.05) is 13.3 Å². The van der Waals surface area contributed by atoms with Gasteiger partial charge in [-0.05, 0) is 36.8 Å². The highest BCUT2D eigenvalue weighted by Gasteiger charge is 2.18. The van der Waals surface area contributed by atoms with Gasteiger partial charge in [-0.15, -0.1) is 0 Å². The zero-order chi connectivity index (χ0) is 20.6. The third kappa shape index (κ3) is 3.95. The van der Waals surface area contributed by atoms with E-state index in [0.29, 0.717) is 27.4 Å². The van der Waals surface area contributed by atoms with E-state index in [2.05, 4.69) is 4.98 Å². The van der Waals surface area contributed by atoms with Crippen LogP contribution in [0.2, 0.25) is 5.02 Å². The molecule has 148 valence electrons. The number of hydrogen-bond donors (Lipinski definition) is 1. The number of nitrogens with zero attached hydrogens (tertiary/aromatic N) is 3. The van der Waals surface area contributed by atoms with Gasteiger partial charge >= 0.3 is 0 Å². The van der Waals surface area contributed by atoms with Gasteiger partial charge in [0.2, 0.25) is 10.0 Å². The van der Waals surface area contributed by atoms with Crippen LogP contribution in [0.3, 0.4) is 0 Å². The van der Waals surface area contributed by atoms with Crippen LogP contribution in [0.1, 0.15) is 24.4 Å². The predicted molar refractivity (Wildman–Crippen MR) is 111 cm³/mol. The van der Waals surface area contributed by atoms with Gasteiger partial charge in [0.1, 0.15) is 5.82 Å². The van der Waals surface area contributed by atoms with Gasteiger partial charge in [0, 0.05) is 13.6 Å². The first-order valence-electron chi connectivity index (χ1n) is 8.57. The van der Waals surface area contributed by atoms with Crippen molar-refractivity contribution in [1.29, 1.82) is 0 Å². The molecule has 7 nitrogen and oxygen atoms in total. The van der Waals surface area contributed by atoms with Gasteiger partial charge in [-0.25, -0.2) is 17.7 Å². The second-order valence-electron chi connectivity index (χ2n) is 6.72. The quantitative estimate of drug-likeness (QED) is 0.683. The lowest BCUT2D eigenvalue weighted by Crippen LogP contribution is -2.28. The molecule has 0 fully saturated rings. The van der Waals surface area contributed by atoms with Crippen molar-refractivity contribution >= 4 is 32.5 Å². The van der Waals surface area contributed by atoms with Gasteiger partial charge in [0.05, 0.1) is 33.9 Å². The maximum atomic E-state index is 13.2. The van der Waals surface area contributed by atoms with Crippen molar-refractivity contribution in [2.45, 2.75) is 19.5 Å². The van der Waals surface area contributed by atoms with Gasteiger partial charge < -0.3 is 5.73 Å². The largest absolute Gasteiger partial charge is 0.322 e. The Morgan fingerprint density at radius 2 is 1.93 bits per heavy atom. The van der Waals surface area contributed by atoms with Crippen molar-refractivity contribution < 1.29 is 8.42 Å². The number of sulfonamides is 1. The molecule has 0 saturated carbocycles. The summed E-state index contributed by atoms with van der Waals surface area (Å²) < 4.78 is 26.1. The summed E-state index contributed by atoms with van der Waals surface area (Å²) in [7, 11) is -1.83. The third-order valence-electron chi connectivity index (χ3n) is 4.42. The van der Waals surface area contributed by atoms with Crippen LogP contribution < -0.4 is 11.3 Å². The summed E-state index contributed by atoms with van der Waals surface area (Å²) in [6.45, 7) is 1.92. The van der Waals surface area contributed by atoms with E-state index in [1.165, 1.54) is 15.9 Å². The Labute approximate surface area is 168 Å². The summed E-state index contributed by atoms with van der Waals surface area (Å²) in [6, 6.07) is 11.6. The molecule has 1 atom stereocenters. The zero-order valence-corrected chi connectivity index (χ0v) is 17.3. The highest BCUT2D eigenvalue weighted by Crippen LogP contribution is 2.22. The van der Waals surface area contributed by atoms with Gasteiger partial charge in [-0.3, -0.25) is 9.36 Å². The second-order valence-corrected chi connectivity index (χ2v) is 9.22. The average molecular weight is 421 g/mol. The molecule has 9 heteroatoms. The van der Waals surface area contributed by atoms with Crippen LogP contribution in [0.25, 0.3) is 16.6 Å². The van der Waals surface area contributed by atoms with Crippen molar-refractivity contribution in [3.63, 3.8) is 0 Å². The molecule has 3 rings (SSSR count). The number of fused-ring (bicyclic) bond motifs is 1. The Kier molecular flexibility index (Phi) is 5.58. The molecule has 3 aromatic rings. The smallest absolute Gasteiger partial charge is 0.267 e. The molecule has 2 N–H and O–H groups in total. The monoisotopic (exact) mass is 420 g/mol. The van der Waals surface area contributed by atoms with Crippen molar-refractivity contribution in [1.82, 2.24) is 13.9 Å². The average Bonchev–Trinajstić information content (AvgIpc) is 2.60. The molecular weight excluding hydrogens is 400 g/mol. The number of hydrogen-bond acceptors (Lipinski definition) is 5. The fourth-order valence-electron chi connectivity index (χ4n) is 2.93. The van der Waals surface area contributed by atoms with Gasteiger partial charge in [-0.2, -0.15) is 0 Å². The molecule has 1 aromatic heterocycles. The molecular formula is C19H21ClN4O3S. The van der Waals surface area contributed by atoms with Crippen LogP contribution in [0.4, 0.5) is 0 Å². The number of halogens is 1. The van der Waals surface area contributed by atoms with Crippen LogP contribution in [0.15, 0.2) is 47.3 Å². The fourth-order valence-corrected chi connectivity index (χ4v) is 3.56. The Bertz CT molecular complexity index is 1210. The summed E-state index contributed by atoms with van der Waals surface area (Å²) in [5.41, 5.74) is 7.52. The minimum absolute atomic E-state index is 0.177. The van der Waals surface area contributed by atoms with Crippen molar-refractivity contribution in [2.24, 2.45) is 5.73 Å². The maximum absolute atomic E-state index is 13.2. The second kappa shape index (κ2) is 7.63. The first-order valence-corrected chi connectivity index (χ1v) is 10.8. The first kappa shape index (κ1) is 20.5. The molecule has 28 heavy (non-hydrogen) atoms. The molecule has 2 aromatic carbocycles. The maximum Gasteiger partial charge on any atom is 0.267 e. The lowest BCUT2D eigenvalue weighted by Gasteiger charge is -2.18. The SMILES string of the molecule is C[C@H](N)c1nc2cccc(Cl)c2c(=O)n1-c1cccc(CN(C)S(C)(=O)=O)c1. The van der Waals surface area contributed by atoms with Gasteiger partial charge in [-0.1, -0.05) is 29.8 Å². The zero-order valence-electron chi connectivity index (χ0n) is 15.8. The fraction of sp³-hybridized carbons (Fsp3) is 0.263. The van der Waals surface area contributed by atoms with Gasteiger partial charge in [0.25, 0.3) is 5.56 Å². The van der Waals surface area contributed by atoms with E-state index in [1.54, 1.807) is 49.4 Å². The molecule has 0 unspecified atom stereocenters. The normalized spacial score (nSPS) is 13.2. The molecule has 0 aliphatic carbocycles. The summed E-state index contributed by atoms with van der Waals surface area (Å²) in [5.74, 6) is 0.397. The number of rotatable bonds is 5. The number of nitrogens with two attached hydrogens (primary N) is 1. The minimum atomic E-state index is -3.33. The Balaban J connectivity index is 2.22. The molecule has 0 radical (unpaired) electrons. The number of aromatic nitrogens is 2. The van der Waals surface area contributed by atoms with E-state index in [0.717, 1.165) is 11.8 Å². The van der Waals surface area contributed by atoms with E-state index in [4.69, 9.17) is 17.3 Å². The third-order valence-corrected chi connectivity index (χ3v) is 6.00. The molecule has 0 aliphatic rings. The molecule has 0 bridgehead atoms. The summed E-state index contributed by atoms with van der Waals surface area (Å²) >= 11 is 6.25. The van der Waals surface area contributed by atoms with E-state index in [1.807, 2.05) is 0 Å². The Morgan fingerprint density at radius 3 is 2.57 bits per heavy atom. The summed E-state index contributed by atoms with van der Waals surface area (Å²) in [5, 5.41) is 0.625. The van der Waals surface area contributed by atoms with Crippen LogP contribution in [0, 0.1) is 0 Å². The molecule has 0 spiro atoms. The highest BCUT2D eigenvalue weighted by atomic mass is 35.5. The first-order chi connectivity index (χ1) is 13.1. The van der Waals surface area contributed by atoms with Crippen LogP contribution >= 0.6 is 11.6 Å². The van der Waals surface area contributed by atoms with Gasteiger partial charge in [0.15, 0.2) is 0 Å². The Hall–Kier alpha value is -2.26. The van der Waals surface area contributed by atoms with Crippen LogP contribution in [-0.4, -0.2) is 35.6 Å². The standard InChI is InChI=1S/C19H21ClN4O3S/c1-12(21)18-22-16-9-5-8-15(20)17(16)19(25)24(18)14-7-4-6-13(10-14)11-23(2)28(3,26)27/h4-10,12H,11,21H2,1-3H3/t12-/m0/s1. The molecule has 0 saturated heterocycles. The lowest BCUT2D eigenvalue weighted by molar-refractivity contribution is 0.472. The van der Waals surface area contributed by atoms with E-state index >= 15 is 0 Å². The van der Waals surface area contributed by atoms with Crippen molar-refractivity contribution in [3.05, 3.63) is 69.2 Å². The minimum Gasteiger partial charge on any atom is -0.322 e. The Morgan fingerprint density at radius 1 is 1.25 bits per heavy atom. The highest BCUT2D eigenvalue weighted by molar-refractivity contribution is 7.88. The van der Waals surface area contributed by atoms with Crippen LogP contribution in [-0.2, 0) is 16.6 Å².